The maximum Gasteiger partial charge on any atom is 0.422 e. The summed E-state index contributed by atoms with van der Waals surface area (Å²) in [6, 6.07) is 10.4. The highest BCUT2D eigenvalue weighted by molar-refractivity contribution is 6.03. The summed E-state index contributed by atoms with van der Waals surface area (Å²) in [4.78, 5) is 27.8. The molecule has 0 radical (unpaired) electrons. The Labute approximate surface area is 156 Å². The number of alkyl halides is 3. The van der Waals surface area contributed by atoms with Gasteiger partial charge in [-0.3, -0.25) is 4.79 Å². The lowest BCUT2D eigenvalue weighted by Gasteiger charge is -2.12. The summed E-state index contributed by atoms with van der Waals surface area (Å²) in [7, 11) is 0. The third kappa shape index (κ3) is 5.37. The van der Waals surface area contributed by atoms with Crippen LogP contribution < -0.4 is 15.4 Å². The molecule has 0 spiro atoms. The van der Waals surface area contributed by atoms with Crippen molar-refractivity contribution in [1.29, 1.82) is 0 Å². The Bertz CT molecular complexity index is 953. The van der Waals surface area contributed by atoms with Crippen molar-refractivity contribution in [3.8, 4) is 5.88 Å². The molecule has 2 heterocycles. The zero-order valence-corrected chi connectivity index (χ0v) is 14.1. The first-order valence-electron chi connectivity index (χ1n) is 7.87. The number of ether oxygens (including phenoxy) is 1. The third-order valence-electron chi connectivity index (χ3n) is 3.21. The van der Waals surface area contributed by atoms with Gasteiger partial charge in [-0.25, -0.2) is 15.0 Å². The molecule has 0 aliphatic heterocycles. The minimum atomic E-state index is -4.54. The van der Waals surface area contributed by atoms with E-state index < -0.39 is 24.6 Å². The first-order valence-corrected chi connectivity index (χ1v) is 7.87. The van der Waals surface area contributed by atoms with Gasteiger partial charge in [0.2, 0.25) is 11.8 Å². The molecule has 0 unspecified atom stereocenters. The monoisotopic (exact) mass is 390 g/mol. The molecule has 0 saturated carbocycles. The van der Waals surface area contributed by atoms with Crippen LogP contribution in [0.1, 0.15) is 10.5 Å². The fourth-order valence-electron chi connectivity index (χ4n) is 2.05. The Kier molecular flexibility index (Phi) is 5.63. The second kappa shape index (κ2) is 8.29. The predicted octanol–water partition coefficient (Wildman–Crippen LogP) is 3.20. The molecule has 144 valence electrons. The Morgan fingerprint density at radius 2 is 1.89 bits per heavy atom. The van der Waals surface area contributed by atoms with Crippen LogP contribution in [0.4, 0.5) is 30.5 Å². The number of nitrogens with zero attached hydrogens (tertiary/aromatic N) is 4. The van der Waals surface area contributed by atoms with Crippen LogP contribution in [-0.2, 0) is 0 Å². The molecule has 0 atom stereocenters. The van der Waals surface area contributed by atoms with Gasteiger partial charge in [-0.2, -0.15) is 18.2 Å². The van der Waals surface area contributed by atoms with Gasteiger partial charge in [0.15, 0.2) is 6.61 Å². The largest absolute Gasteiger partial charge is 0.466 e. The molecule has 0 saturated heterocycles. The fraction of sp³-hybridized carbons (Fsp3) is 0.118. The minimum Gasteiger partial charge on any atom is -0.466 e. The molecule has 0 aliphatic rings. The van der Waals surface area contributed by atoms with Crippen molar-refractivity contribution in [3.05, 3.63) is 60.8 Å². The number of halogens is 3. The van der Waals surface area contributed by atoms with E-state index in [9.17, 15) is 18.0 Å². The number of benzene rings is 1. The summed E-state index contributed by atoms with van der Waals surface area (Å²) in [5.74, 6) is -0.917. The Morgan fingerprint density at radius 1 is 1.11 bits per heavy atom. The summed E-state index contributed by atoms with van der Waals surface area (Å²) in [5.41, 5.74) is 0.589. The summed E-state index contributed by atoms with van der Waals surface area (Å²) in [5, 5.41) is 5.31. The number of para-hydroxylation sites is 1. The molecule has 0 bridgehead atoms. The minimum absolute atomic E-state index is 0.0148. The molecule has 3 rings (SSSR count). The van der Waals surface area contributed by atoms with Crippen LogP contribution in [-0.4, -0.2) is 38.6 Å². The number of anilines is 3. The van der Waals surface area contributed by atoms with Gasteiger partial charge in [0.1, 0.15) is 17.7 Å². The number of hydrogen-bond acceptors (Lipinski definition) is 7. The van der Waals surface area contributed by atoms with E-state index in [2.05, 4.69) is 35.3 Å². The third-order valence-corrected chi connectivity index (χ3v) is 3.21. The van der Waals surface area contributed by atoms with Crippen LogP contribution in [0.2, 0.25) is 0 Å². The van der Waals surface area contributed by atoms with Gasteiger partial charge in [0.25, 0.3) is 5.91 Å². The highest BCUT2D eigenvalue weighted by Crippen LogP contribution is 2.23. The van der Waals surface area contributed by atoms with Crippen molar-refractivity contribution >= 4 is 23.2 Å². The second-order valence-electron chi connectivity index (χ2n) is 5.36. The standard InChI is InChI=1S/C17H13F3N6O2/c18-17(19,20)9-28-15-13(8-21-10-23-15)25-14(27)12-6-7-22-16(26-12)24-11-4-2-1-3-5-11/h1-8,10H,9H2,(H,25,27)(H,22,24,26). The second-order valence-corrected chi connectivity index (χ2v) is 5.36. The topological polar surface area (TPSA) is 102 Å². The fourth-order valence-corrected chi connectivity index (χ4v) is 2.05. The molecule has 28 heavy (non-hydrogen) atoms. The van der Waals surface area contributed by atoms with E-state index in [-0.39, 0.29) is 17.3 Å². The van der Waals surface area contributed by atoms with Crippen LogP contribution in [0.3, 0.4) is 0 Å². The highest BCUT2D eigenvalue weighted by Gasteiger charge is 2.29. The average molecular weight is 390 g/mol. The van der Waals surface area contributed by atoms with E-state index >= 15 is 0 Å². The lowest BCUT2D eigenvalue weighted by molar-refractivity contribution is -0.153. The predicted molar refractivity (Wildman–Crippen MR) is 93.3 cm³/mol. The zero-order chi connectivity index (χ0) is 20.0. The molecule has 0 fully saturated rings. The molecular weight excluding hydrogens is 377 g/mol. The first-order chi connectivity index (χ1) is 13.4. The molecule has 3 aromatic rings. The van der Waals surface area contributed by atoms with Gasteiger partial charge in [0, 0.05) is 11.9 Å². The van der Waals surface area contributed by atoms with Gasteiger partial charge in [-0.05, 0) is 18.2 Å². The molecule has 11 heteroatoms. The lowest BCUT2D eigenvalue weighted by Crippen LogP contribution is -2.21. The summed E-state index contributed by atoms with van der Waals surface area (Å²) in [6.07, 6.45) is -1.04. The molecule has 2 aromatic heterocycles. The van der Waals surface area contributed by atoms with Gasteiger partial charge >= 0.3 is 6.18 Å². The van der Waals surface area contributed by atoms with Crippen LogP contribution >= 0.6 is 0 Å². The highest BCUT2D eigenvalue weighted by atomic mass is 19.4. The molecular formula is C17H13F3N6O2. The molecule has 0 aliphatic carbocycles. The Balaban J connectivity index is 1.72. The number of rotatable bonds is 6. The van der Waals surface area contributed by atoms with E-state index in [1.807, 2.05) is 18.2 Å². The zero-order valence-electron chi connectivity index (χ0n) is 14.1. The van der Waals surface area contributed by atoms with Crippen LogP contribution in [0.5, 0.6) is 5.88 Å². The molecule has 1 amide bonds. The number of nitrogens with one attached hydrogen (secondary N) is 2. The van der Waals surface area contributed by atoms with Gasteiger partial charge in [0.05, 0.1) is 6.20 Å². The summed E-state index contributed by atoms with van der Waals surface area (Å²) < 4.78 is 41.6. The quantitative estimate of drug-likeness (QED) is 0.666. The van der Waals surface area contributed by atoms with Crippen molar-refractivity contribution in [2.45, 2.75) is 6.18 Å². The van der Waals surface area contributed by atoms with Gasteiger partial charge in [-0.1, -0.05) is 18.2 Å². The summed E-state index contributed by atoms with van der Waals surface area (Å²) in [6.45, 7) is -1.55. The van der Waals surface area contributed by atoms with Crippen molar-refractivity contribution in [2.24, 2.45) is 0 Å². The number of carbonyl (C=O) groups is 1. The molecule has 1 aromatic carbocycles. The first kappa shape index (κ1) is 19.0. The summed E-state index contributed by atoms with van der Waals surface area (Å²) >= 11 is 0. The normalized spacial score (nSPS) is 11.0. The van der Waals surface area contributed by atoms with Crippen molar-refractivity contribution in [3.63, 3.8) is 0 Å². The number of aromatic nitrogens is 4. The van der Waals surface area contributed by atoms with Crippen molar-refractivity contribution in [2.75, 3.05) is 17.2 Å². The Hall–Kier alpha value is -3.76. The van der Waals surface area contributed by atoms with E-state index in [1.54, 1.807) is 12.1 Å². The van der Waals surface area contributed by atoms with Crippen LogP contribution in [0.25, 0.3) is 0 Å². The van der Waals surface area contributed by atoms with Crippen molar-refractivity contribution < 1.29 is 22.7 Å². The lowest BCUT2D eigenvalue weighted by atomic mass is 10.3. The van der Waals surface area contributed by atoms with E-state index in [4.69, 9.17) is 0 Å². The van der Waals surface area contributed by atoms with Crippen LogP contribution in [0, 0.1) is 0 Å². The number of carbonyl (C=O) groups excluding carboxylic acids is 1. The molecule has 8 nitrogen and oxygen atoms in total. The Morgan fingerprint density at radius 3 is 2.64 bits per heavy atom. The average Bonchev–Trinajstić information content (AvgIpc) is 2.68. The van der Waals surface area contributed by atoms with E-state index in [0.717, 1.165) is 18.2 Å². The SMILES string of the molecule is O=C(Nc1cncnc1OCC(F)(F)F)c1ccnc(Nc2ccccc2)n1. The van der Waals surface area contributed by atoms with Crippen LogP contribution in [0.15, 0.2) is 55.1 Å². The molecule has 2 N–H and O–H groups in total. The van der Waals surface area contributed by atoms with E-state index in [0.29, 0.717) is 0 Å². The number of amides is 1. The maximum atomic E-state index is 12.4. The maximum absolute atomic E-state index is 12.4. The van der Waals surface area contributed by atoms with Gasteiger partial charge in [-0.15, -0.1) is 0 Å². The number of hydrogen-bond donors (Lipinski definition) is 2. The smallest absolute Gasteiger partial charge is 0.422 e. The van der Waals surface area contributed by atoms with Crippen molar-refractivity contribution in [1.82, 2.24) is 19.9 Å². The van der Waals surface area contributed by atoms with E-state index in [1.165, 1.54) is 12.3 Å². The van der Waals surface area contributed by atoms with Gasteiger partial charge < -0.3 is 15.4 Å².